The maximum atomic E-state index is 12.5. The summed E-state index contributed by atoms with van der Waals surface area (Å²) >= 11 is -0.0517. The average Bonchev–Trinajstić information content (AvgIpc) is 3.07. The third kappa shape index (κ3) is 5.53. The van der Waals surface area contributed by atoms with E-state index in [-0.39, 0.29) is 38.5 Å². The van der Waals surface area contributed by atoms with E-state index < -0.39 is 12.3 Å². The molecule has 152 valence electrons. The normalized spacial score (nSPS) is 24.6. The summed E-state index contributed by atoms with van der Waals surface area (Å²) < 4.78 is 7.27. The van der Waals surface area contributed by atoms with Crippen molar-refractivity contribution < 1.29 is 19.4 Å². The Morgan fingerprint density at radius 3 is 2.68 bits per heavy atom. The van der Waals surface area contributed by atoms with Crippen LogP contribution in [0.4, 0.5) is 4.79 Å². The Hall–Kier alpha value is -1.96. The second-order valence-corrected chi connectivity index (χ2v) is 8.94. The Bertz CT molecular complexity index is 698. The summed E-state index contributed by atoms with van der Waals surface area (Å²) in [7, 11) is 1.53. The van der Waals surface area contributed by atoms with Gasteiger partial charge in [0.15, 0.2) is 0 Å². The number of aldehydes is 1. The molecule has 2 rings (SSSR count). The Morgan fingerprint density at radius 2 is 2.11 bits per heavy atom. The van der Waals surface area contributed by atoms with Crippen molar-refractivity contribution in [3.05, 3.63) is 54.8 Å². The molecule has 1 aromatic rings. The first-order valence-electron chi connectivity index (χ1n) is 9.01. The van der Waals surface area contributed by atoms with Gasteiger partial charge in [0.05, 0.1) is 0 Å². The number of urea groups is 1. The van der Waals surface area contributed by atoms with Crippen LogP contribution in [0.1, 0.15) is 6.92 Å². The van der Waals surface area contributed by atoms with Gasteiger partial charge in [0.2, 0.25) is 0 Å². The maximum absolute atomic E-state index is 12.5. The Kier molecular flexibility index (Phi) is 8.88. The Balaban J connectivity index is 2.42. The van der Waals surface area contributed by atoms with Crippen molar-refractivity contribution in [1.82, 2.24) is 15.5 Å². The number of carbonyl (C=O) groups is 2. The molecular weight excluding hydrogens is 425 g/mol. The number of rotatable bonds is 9. The van der Waals surface area contributed by atoms with Crippen molar-refractivity contribution in [3.8, 4) is 0 Å². The molecule has 1 heterocycles. The summed E-state index contributed by atoms with van der Waals surface area (Å²) in [4.78, 5) is 25.0. The van der Waals surface area contributed by atoms with Gasteiger partial charge in [-0.15, -0.1) is 0 Å². The monoisotopic (exact) mass is 453 g/mol. The summed E-state index contributed by atoms with van der Waals surface area (Å²) in [6.07, 6.45) is 2.85. The van der Waals surface area contributed by atoms with Gasteiger partial charge in [-0.1, -0.05) is 0 Å². The molecule has 1 saturated heterocycles. The van der Waals surface area contributed by atoms with Gasteiger partial charge in [-0.05, 0) is 0 Å². The molecule has 0 unspecified atom stereocenters. The summed E-state index contributed by atoms with van der Waals surface area (Å²) in [5, 5.41) is 15.8. The van der Waals surface area contributed by atoms with Crippen LogP contribution < -0.4 is 15.1 Å². The predicted molar refractivity (Wildman–Crippen MR) is 109 cm³/mol. The number of hydrogen-bond donors (Lipinski definition) is 3. The van der Waals surface area contributed by atoms with Crippen LogP contribution in [0.3, 0.4) is 0 Å². The SMILES string of the molecule is C=CCN[C@H]1[C@@H]([Se]c2ccccc2)[C@H](N(/C=C(/C)C=O)C(=O)NC)O[C@@H]1CO. The first kappa shape index (κ1) is 22.3. The summed E-state index contributed by atoms with van der Waals surface area (Å²) in [5.41, 5.74) is 0.404. The number of carbonyl (C=O) groups excluding carboxylic acids is 2. The summed E-state index contributed by atoms with van der Waals surface area (Å²) in [6.45, 7) is 5.76. The summed E-state index contributed by atoms with van der Waals surface area (Å²) in [5.74, 6) is 0. The number of amides is 2. The quantitative estimate of drug-likeness (QED) is 0.219. The Morgan fingerprint density at radius 1 is 1.39 bits per heavy atom. The van der Waals surface area contributed by atoms with Crippen molar-refractivity contribution in [3.63, 3.8) is 0 Å². The van der Waals surface area contributed by atoms with Crippen molar-refractivity contribution in [1.29, 1.82) is 0 Å². The number of benzene rings is 1. The van der Waals surface area contributed by atoms with Crippen LogP contribution in [0.25, 0.3) is 0 Å². The van der Waals surface area contributed by atoms with E-state index in [1.54, 1.807) is 13.0 Å². The zero-order valence-corrected chi connectivity index (χ0v) is 17.8. The van der Waals surface area contributed by atoms with Crippen molar-refractivity contribution in [2.45, 2.75) is 30.1 Å². The topological polar surface area (TPSA) is 90.9 Å². The fraction of sp³-hybridized carbons (Fsp3) is 0.400. The molecule has 1 aliphatic heterocycles. The van der Waals surface area contributed by atoms with E-state index in [0.717, 1.165) is 4.46 Å². The second-order valence-electron chi connectivity index (χ2n) is 6.32. The van der Waals surface area contributed by atoms with Crippen LogP contribution in [0.15, 0.2) is 54.8 Å². The number of aliphatic hydroxyl groups is 1. The number of aliphatic hydroxyl groups excluding tert-OH is 1. The first-order chi connectivity index (χ1) is 13.5. The van der Waals surface area contributed by atoms with Gasteiger partial charge in [0.25, 0.3) is 0 Å². The standard InChI is InChI=1S/C20H27N3O4Se/c1-4-10-22-17-16(13-25)27-19(18(17)28-15-8-6-5-7-9-15)23(20(26)21-3)11-14(2)12-24/h4-9,11-12,16-19,22,25H,1,10,13H2,2-3H3,(H,21,26)/b14-11-/t16-,17-,18-,19-/m1/s1. The van der Waals surface area contributed by atoms with Crippen LogP contribution in [0, 0.1) is 0 Å². The van der Waals surface area contributed by atoms with Gasteiger partial charge in [0, 0.05) is 0 Å². The molecule has 0 aromatic heterocycles. The van der Waals surface area contributed by atoms with Crippen LogP contribution in [0.5, 0.6) is 0 Å². The van der Waals surface area contributed by atoms with Crippen molar-refractivity contribution in [2.75, 3.05) is 20.2 Å². The van der Waals surface area contributed by atoms with Gasteiger partial charge in [-0.25, -0.2) is 0 Å². The van der Waals surface area contributed by atoms with Gasteiger partial charge in [-0.3, -0.25) is 0 Å². The van der Waals surface area contributed by atoms with E-state index in [2.05, 4.69) is 17.2 Å². The second kappa shape index (κ2) is 11.1. The number of nitrogens with zero attached hydrogens (tertiary/aromatic N) is 1. The minimum absolute atomic E-state index is 0.0517. The van der Waals surface area contributed by atoms with E-state index >= 15 is 0 Å². The van der Waals surface area contributed by atoms with Crippen LogP contribution in [0.2, 0.25) is 4.82 Å². The molecular formula is C20H27N3O4Se. The van der Waals surface area contributed by atoms with Crippen LogP contribution in [-0.4, -0.2) is 75.9 Å². The fourth-order valence-corrected chi connectivity index (χ4v) is 5.84. The molecule has 1 aromatic carbocycles. The van der Waals surface area contributed by atoms with Crippen LogP contribution >= 0.6 is 0 Å². The number of hydrogen-bond acceptors (Lipinski definition) is 5. The molecule has 0 radical (unpaired) electrons. The molecule has 1 aliphatic rings. The van der Waals surface area contributed by atoms with Crippen molar-refractivity contribution >= 4 is 31.7 Å². The molecule has 4 atom stereocenters. The van der Waals surface area contributed by atoms with Crippen LogP contribution in [-0.2, 0) is 9.53 Å². The first-order valence-corrected chi connectivity index (χ1v) is 10.9. The molecule has 0 aliphatic carbocycles. The number of allylic oxidation sites excluding steroid dienone is 1. The molecule has 3 N–H and O–H groups in total. The third-order valence-corrected chi connectivity index (χ3v) is 7.11. The molecule has 7 nitrogen and oxygen atoms in total. The van der Waals surface area contributed by atoms with Gasteiger partial charge < -0.3 is 0 Å². The van der Waals surface area contributed by atoms with E-state index in [0.29, 0.717) is 18.4 Å². The van der Waals surface area contributed by atoms with Gasteiger partial charge >= 0.3 is 172 Å². The molecule has 8 heteroatoms. The average molecular weight is 452 g/mol. The molecule has 2 amide bonds. The minimum atomic E-state index is -0.616. The molecule has 0 spiro atoms. The van der Waals surface area contributed by atoms with Gasteiger partial charge in [-0.2, -0.15) is 0 Å². The molecule has 0 saturated carbocycles. The molecule has 0 bridgehead atoms. The van der Waals surface area contributed by atoms with E-state index in [1.165, 1.54) is 18.1 Å². The summed E-state index contributed by atoms with van der Waals surface area (Å²) in [6, 6.07) is 9.47. The predicted octanol–water partition coefficient (Wildman–Crippen LogP) is 0.410. The van der Waals surface area contributed by atoms with E-state index in [4.69, 9.17) is 4.74 Å². The van der Waals surface area contributed by atoms with E-state index in [1.807, 2.05) is 30.3 Å². The van der Waals surface area contributed by atoms with Crippen molar-refractivity contribution in [2.24, 2.45) is 0 Å². The zero-order chi connectivity index (χ0) is 20.5. The number of nitrogens with one attached hydrogen (secondary N) is 2. The molecule has 1 fully saturated rings. The third-order valence-electron chi connectivity index (χ3n) is 4.29. The number of ether oxygens (including phenoxy) is 1. The molecule has 28 heavy (non-hydrogen) atoms. The van der Waals surface area contributed by atoms with E-state index in [9.17, 15) is 14.7 Å². The Labute approximate surface area is 172 Å². The van der Waals surface area contributed by atoms with Gasteiger partial charge in [0.1, 0.15) is 0 Å². The fourth-order valence-electron chi connectivity index (χ4n) is 2.99. The zero-order valence-electron chi connectivity index (χ0n) is 16.1.